The topological polar surface area (TPSA) is 125 Å². The summed E-state index contributed by atoms with van der Waals surface area (Å²) in [4.78, 5) is 35.3. The number of fused-ring (bicyclic) bond motifs is 1. The summed E-state index contributed by atoms with van der Waals surface area (Å²) in [5.41, 5.74) is -0.331. The van der Waals surface area contributed by atoms with Crippen LogP contribution in [0.4, 0.5) is 5.82 Å². The number of para-hydroxylation sites is 1. The monoisotopic (exact) mass is 576 g/mol. The maximum atomic E-state index is 13.3. The van der Waals surface area contributed by atoms with Gasteiger partial charge < -0.3 is 24.6 Å². The molecular formula is C33H28N4O6. The van der Waals surface area contributed by atoms with Crippen LogP contribution in [0.2, 0.25) is 0 Å². The smallest absolute Gasteiger partial charge is 0.268 e. The number of aliphatic hydroxyl groups is 1. The SMILES string of the molecule is COc1cc2nccc(Oc3ccc(NC(=O)c4cc(C#CC(C)(C)O)cn(-c5ccccc5)c4=O)nc3)c2cc1OC. The molecule has 0 saturated carbocycles. The Balaban J connectivity index is 1.41. The molecule has 5 rings (SSSR count). The molecule has 5 aromatic rings. The van der Waals surface area contributed by atoms with Crippen LogP contribution in [0.15, 0.2) is 90.1 Å². The predicted octanol–water partition coefficient (Wildman–Crippen LogP) is 4.96. The van der Waals surface area contributed by atoms with E-state index in [0.717, 1.165) is 0 Å². The van der Waals surface area contributed by atoms with Crippen LogP contribution >= 0.6 is 0 Å². The number of methoxy groups -OCH3 is 2. The quantitative estimate of drug-likeness (QED) is 0.261. The van der Waals surface area contributed by atoms with Gasteiger partial charge in [-0.1, -0.05) is 30.0 Å². The Labute approximate surface area is 247 Å². The lowest BCUT2D eigenvalue weighted by Crippen LogP contribution is -2.28. The first-order chi connectivity index (χ1) is 20.6. The fraction of sp³-hybridized carbons (Fsp3) is 0.152. The molecule has 0 aliphatic heterocycles. The van der Waals surface area contributed by atoms with E-state index >= 15 is 0 Å². The standard InChI is InChI=1S/C33H28N4O6/c1-33(2,40)14-12-21-16-25(32(39)37(20-21)22-8-6-5-7-9-22)31(38)36-30-11-10-23(19-35-30)43-27-13-15-34-26-18-29(42-4)28(41-3)17-24(26)27/h5-11,13,15-20,40H,1-4H3,(H,35,36,38). The van der Waals surface area contributed by atoms with Gasteiger partial charge >= 0.3 is 0 Å². The van der Waals surface area contributed by atoms with Crippen LogP contribution in [-0.4, -0.2) is 45.4 Å². The van der Waals surface area contributed by atoms with E-state index in [-0.39, 0.29) is 11.4 Å². The maximum Gasteiger partial charge on any atom is 0.268 e. The van der Waals surface area contributed by atoms with Crippen LogP contribution in [-0.2, 0) is 0 Å². The molecular weight excluding hydrogens is 548 g/mol. The highest BCUT2D eigenvalue weighted by atomic mass is 16.5. The molecule has 3 heterocycles. The van der Waals surface area contributed by atoms with Crippen LogP contribution in [0.5, 0.6) is 23.0 Å². The second kappa shape index (κ2) is 12.1. The number of rotatable bonds is 7. The lowest BCUT2D eigenvalue weighted by Gasteiger charge is -2.13. The third-order valence-corrected chi connectivity index (χ3v) is 6.22. The molecule has 1 amide bonds. The molecule has 216 valence electrons. The van der Waals surface area contributed by atoms with Gasteiger partial charge in [-0.25, -0.2) is 4.98 Å². The van der Waals surface area contributed by atoms with Crippen LogP contribution in [0.25, 0.3) is 16.6 Å². The van der Waals surface area contributed by atoms with Crippen LogP contribution in [0.3, 0.4) is 0 Å². The van der Waals surface area contributed by atoms with Gasteiger partial charge in [-0.05, 0) is 56.3 Å². The third-order valence-electron chi connectivity index (χ3n) is 6.22. The number of nitrogens with zero attached hydrogens (tertiary/aromatic N) is 3. The molecule has 2 aromatic carbocycles. The summed E-state index contributed by atoms with van der Waals surface area (Å²) in [7, 11) is 3.10. The number of anilines is 1. The average molecular weight is 577 g/mol. The third kappa shape index (κ3) is 6.64. The Hall–Kier alpha value is -5.66. The first kappa shape index (κ1) is 28.9. The molecule has 0 spiro atoms. The summed E-state index contributed by atoms with van der Waals surface area (Å²) in [6.07, 6.45) is 4.61. The van der Waals surface area contributed by atoms with Crippen LogP contribution < -0.4 is 25.1 Å². The molecule has 0 aliphatic carbocycles. The molecule has 0 saturated heterocycles. The summed E-state index contributed by atoms with van der Waals surface area (Å²) < 4.78 is 18.2. The van der Waals surface area contributed by atoms with Crippen molar-refractivity contribution in [1.82, 2.24) is 14.5 Å². The summed E-state index contributed by atoms with van der Waals surface area (Å²) in [5, 5.41) is 13.4. The number of carbonyl (C=O) groups is 1. The average Bonchev–Trinajstić information content (AvgIpc) is 3.01. The Kier molecular flexibility index (Phi) is 8.09. The second-order valence-corrected chi connectivity index (χ2v) is 9.93. The normalized spacial score (nSPS) is 10.9. The van der Waals surface area contributed by atoms with Gasteiger partial charge in [0, 0.05) is 35.1 Å². The maximum absolute atomic E-state index is 13.3. The Bertz CT molecular complexity index is 1920. The number of carbonyl (C=O) groups excluding carboxylic acids is 1. The zero-order valence-electron chi connectivity index (χ0n) is 23.9. The minimum atomic E-state index is -1.26. The lowest BCUT2D eigenvalue weighted by molar-refractivity contribution is 0.102. The van der Waals surface area contributed by atoms with E-state index in [0.29, 0.717) is 45.2 Å². The van der Waals surface area contributed by atoms with Crippen molar-refractivity contribution in [2.24, 2.45) is 0 Å². The van der Waals surface area contributed by atoms with E-state index < -0.39 is 17.1 Å². The van der Waals surface area contributed by atoms with E-state index in [1.807, 2.05) is 6.07 Å². The minimum absolute atomic E-state index is 0.138. The number of hydrogen-bond donors (Lipinski definition) is 2. The number of hydrogen-bond acceptors (Lipinski definition) is 8. The summed E-state index contributed by atoms with van der Waals surface area (Å²) in [6, 6.07) is 18.7. The molecule has 43 heavy (non-hydrogen) atoms. The van der Waals surface area contributed by atoms with E-state index in [1.165, 1.54) is 23.0 Å². The summed E-state index contributed by atoms with van der Waals surface area (Å²) in [6.45, 7) is 3.09. The van der Waals surface area contributed by atoms with Crippen LogP contribution in [0, 0.1) is 11.8 Å². The van der Waals surface area contributed by atoms with Crippen molar-refractivity contribution in [3.63, 3.8) is 0 Å². The van der Waals surface area contributed by atoms with Crippen molar-refractivity contribution in [2.75, 3.05) is 19.5 Å². The van der Waals surface area contributed by atoms with E-state index in [1.54, 1.807) is 88.9 Å². The molecule has 10 nitrogen and oxygen atoms in total. The predicted molar refractivity (Wildman–Crippen MR) is 162 cm³/mol. The zero-order valence-corrected chi connectivity index (χ0v) is 23.9. The Morgan fingerprint density at radius 2 is 1.70 bits per heavy atom. The highest BCUT2D eigenvalue weighted by molar-refractivity contribution is 6.03. The van der Waals surface area contributed by atoms with E-state index in [2.05, 4.69) is 27.1 Å². The van der Waals surface area contributed by atoms with E-state index in [9.17, 15) is 14.7 Å². The summed E-state index contributed by atoms with van der Waals surface area (Å²) >= 11 is 0. The molecule has 10 heteroatoms. The van der Waals surface area contributed by atoms with Gasteiger partial charge in [-0.3, -0.25) is 19.1 Å². The van der Waals surface area contributed by atoms with Gasteiger partial charge in [0.05, 0.1) is 25.9 Å². The molecule has 0 atom stereocenters. The number of ether oxygens (including phenoxy) is 3. The molecule has 3 aromatic heterocycles. The van der Waals surface area contributed by atoms with Gasteiger partial charge in [-0.2, -0.15) is 0 Å². The van der Waals surface area contributed by atoms with Crippen molar-refractivity contribution in [2.45, 2.75) is 19.4 Å². The van der Waals surface area contributed by atoms with Gasteiger partial charge in [0.25, 0.3) is 11.5 Å². The molecule has 0 fully saturated rings. The molecule has 0 unspecified atom stereocenters. The van der Waals surface area contributed by atoms with Crippen molar-refractivity contribution >= 4 is 22.6 Å². The largest absolute Gasteiger partial charge is 0.493 e. The zero-order chi connectivity index (χ0) is 30.6. The number of aromatic nitrogens is 3. The Morgan fingerprint density at radius 1 is 0.953 bits per heavy atom. The number of pyridine rings is 3. The van der Waals surface area contributed by atoms with Crippen molar-refractivity contribution < 1.29 is 24.1 Å². The highest BCUT2D eigenvalue weighted by Crippen LogP contribution is 2.36. The molecule has 2 N–H and O–H groups in total. The first-order valence-corrected chi connectivity index (χ1v) is 13.2. The van der Waals surface area contributed by atoms with Gasteiger partial charge in [0.15, 0.2) is 11.5 Å². The van der Waals surface area contributed by atoms with Gasteiger partial charge in [0.1, 0.15) is 28.5 Å². The highest BCUT2D eigenvalue weighted by Gasteiger charge is 2.17. The number of benzene rings is 2. The first-order valence-electron chi connectivity index (χ1n) is 13.2. The summed E-state index contributed by atoms with van der Waals surface area (Å²) in [5.74, 6) is 7.13. The van der Waals surface area contributed by atoms with Crippen LogP contribution in [0.1, 0.15) is 29.8 Å². The van der Waals surface area contributed by atoms with E-state index in [4.69, 9.17) is 14.2 Å². The van der Waals surface area contributed by atoms with Gasteiger partial charge in [0.2, 0.25) is 0 Å². The van der Waals surface area contributed by atoms with Gasteiger partial charge in [-0.15, -0.1) is 0 Å². The number of amides is 1. The Morgan fingerprint density at radius 3 is 2.37 bits per heavy atom. The molecule has 0 radical (unpaired) electrons. The van der Waals surface area contributed by atoms with Crippen molar-refractivity contribution in [3.05, 3.63) is 107 Å². The fourth-order valence-corrected chi connectivity index (χ4v) is 4.18. The fourth-order valence-electron chi connectivity index (χ4n) is 4.18. The minimum Gasteiger partial charge on any atom is -0.493 e. The lowest BCUT2D eigenvalue weighted by atomic mass is 10.1. The second-order valence-electron chi connectivity index (χ2n) is 9.93. The van der Waals surface area contributed by atoms with Crippen molar-refractivity contribution in [3.8, 4) is 40.5 Å². The number of nitrogens with one attached hydrogen (secondary N) is 1. The molecule has 0 bridgehead atoms. The molecule has 0 aliphatic rings. The van der Waals surface area contributed by atoms with Crippen molar-refractivity contribution in [1.29, 1.82) is 0 Å².